The molecule has 0 bridgehead atoms. The van der Waals surface area contributed by atoms with Crippen molar-refractivity contribution in [3.8, 4) is 0 Å². The Morgan fingerprint density at radius 3 is 2.50 bits per heavy atom. The molecular weight excluding hydrogens is 250 g/mol. The van der Waals surface area contributed by atoms with Crippen LogP contribution in [0.1, 0.15) is 41.3 Å². The van der Waals surface area contributed by atoms with Crippen molar-refractivity contribution in [3.63, 3.8) is 0 Å². The molecule has 1 aliphatic rings. The van der Waals surface area contributed by atoms with Crippen LogP contribution in [0.15, 0.2) is 18.2 Å². The number of aliphatic hydroxyl groups excluding tert-OH is 1. The van der Waals surface area contributed by atoms with Crippen LogP contribution in [0.3, 0.4) is 0 Å². The summed E-state index contributed by atoms with van der Waals surface area (Å²) in [6.45, 7) is 8.19. The predicted octanol–water partition coefficient (Wildman–Crippen LogP) is 2.58. The van der Waals surface area contributed by atoms with Gasteiger partial charge in [0.1, 0.15) is 0 Å². The number of piperidine rings is 1. The lowest BCUT2D eigenvalue weighted by molar-refractivity contribution is 0.0721. The van der Waals surface area contributed by atoms with Crippen LogP contribution in [0.4, 0.5) is 0 Å². The van der Waals surface area contributed by atoms with Gasteiger partial charge in [0.2, 0.25) is 0 Å². The topological polar surface area (TPSA) is 40.5 Å². The molecule has 0 aromatic heterocycles. The van der Waals surface area contributed by atoms with Crippen LogP contribution in [-0.2, 0) is 0 Å². The van der Waals surface area contributed by atoms with Gasteiger partial charge in [-0.05, 0) is 69.8 Å². The second kappa shape index (κ2) is 6.51. The fourth-order valence-electron chi connectivity index (χ4n) is 2.82. The van der Waals surface area contributed by atoms with Crippen molar-refractivity contribution in [2.75, 3.05) is 19.7 Å². The number of nitrogens with zero attached hydrogens (tertiary/aromatic N) is 1. The third-order valence-corrected chi connectivity index (χ3v) is 4.63. The summed E-state index contributed by atoms with van der Waals surface area (Å²) in [5, 5.41) is 9.17. The Bertz CT molecular complexity index is 476. The Morgan fingerprint density at radius 1 is 1.30 bits per heavy atom. The summed E-state index contributed by atoms with van der Waals surface area (Å²) in [5.74, 6) is 0.616. The highest BCUT2D eigenvalue weighted by Gasteiger charge is 2.26. The van der Waals surface area contributed by atoms with E-state index in [1.165, 1.54) is 11.1 Å². The fraction of sp³-hybridized carbons (Fsp3) is 0.588. The van der Waals surface area contributed by atoms with Crippen LogP contribution in [-0.4, -0.2) is 41.5 Å². The monoisotopic (exact) mass is 275 g/mol. The summed E-state index contributed by atoms with van der Waals surface area (Å²) in [6.07, 6.45) is 1.97. The van der Waals surface area contributed by atoms with Gasteiger partial charge >= 0.3 is 0 Å². The van der Waals surface area contributed by atoms with Gasteiger partial charge in [0.15, 0.2) is 5.78 Å². The fourth-order valence-corrected chi connectivity index (χ4v) is 2.82. The number of Topliss-reactive ketones (excluding diaryl/α,β-unsaturated/α-hetero) is 1. The van der Waals surface area contributed by atoms with Gasteiger partial charge in [-0.15, -0.1) is 0 Å². The summed E-state index contributed by atoms with van der Waals surface area (Å²) < 4.78 is 0. The van der Waals surface area contributed by atoms with Gasteiger partial charge in [-0.3, -0.25) is 9.69 Å². The minimum atomic E-state index is -0.0725. The summed E-state index contributed by atoms with van der Waals surface area (Å²) >= 11 is 0. The quantitative estimate of drug-likeness (QED) is 0.859. The summed E-state index contributed by atoms with van der Waals surface area (Å²) in [6, 6.07) is 5.88. The number of benzene rings is 1. The van der Waals surface area contributed by atoms with Gasteiger partial charge in [0, 0.05) is 12.2 Å². The van der Waals surface area contributed by atoms with Gasteiger partial charge in [-0.2, -0.15) is 0 Å². The molecule has 0 aliphatic carbocycles. The molecule has 110 valence electrons. The number of aryl methyl sites for hydroxylation is 2. The molecule has 1 N–H and O–H groups in total. The largest absolute Gasteiger partial charge is 0.396 e. The van der Waals surface area contributed by atoms with E-state index in [-0.39, 0.29) is 18.4 Å². The van der Waals surface area contributed by atoms with Crippen LogP contribution in [0.25, 0.3) is 0 Å². The van der Waals surface area contributed by atoms with Crippen molar-refractivity contribution in [2.24, 2.45) is 5.92 Å². The predicted molar refractivity (Wildman–Crippen MR) is 81.1 cm³/mol. The third-order valence-electron chi connectivity index (χ3n) is 4.63. The lowest BCUT2D eigenvalue weighted by Crippen LogP contribution is -2.44. The molecule has 0 amide bonds. The average molecular weight is 275 g/mol. The Balaban J connectivity index is 2.03. The highest BCUT2D eigenvalue weighted by Crippen LogP contribution is 2.20. The molecule has 0 spiro atoms. The maximum absolute atomic E-state index is 12.6. The van der Waals surface area contributed by atoms with Crippen molar-refractivity contribution in [2.45, 2.75) is 39.7 Å². The third kappa shape index (κ3) is 3.28. The van der Waals surface area contributed by atoms with E-state index in [0.29, 0.717) is 5.92 Å². The van der Waals surface area contributed by atoms with E-state index in [2.05, 4.69) is 11.8 Å². The van der Waals surface area contributed by atoms with Crippen LogP contribution in [0, 0.1) is 19.8 Å². The molecular formula is C17H25NO2. The first kappa shape index (κ1) is 15.2. The van der Waals surface area contributed by atoms with Gasteiger partial charge in [-0.25, -0.2) is 0 Å². The summed E-state index contributed by atoms with van der Waals surface area (Å²) in [7, 11) is 0. The molecule has 1 aliphatic heterocycles. The van der Waals surface area contributed by atoms with Crippen molar-refractivity contribution in [3.05, 3.63) is 34.9 Å². The van der Waals surface area contributed by atoms with Gasteiger partial charge in [0.05, 0.1) is 6.04 Å². The number of rotatable bonds is 4. The van der Waals surface area contributed by atoms with Crippen LogP contribution in [0.5, 0.6) is 0 Å². The number of ketones is 1. The maximum Gasteiger partial charge on any atom is 0.179 e. The molecule has 1 fully saturated rings. The zero-order valence-electron chi connectivity index (χ0n) is 12.7. The van der Waals surface area contributed by atoms with Crippen LogP contribution in [0.2, 0.25) is 0 Å². The maximum atomic E-state index is 12.6. The number of carbonyl (C=O) groups excluding carboxylic acids is 1. The lowest BCUT2D eigenvalue weighted by Gasteiger charge is -2.34. The Labute approximate surface area is 121 Å². The van der Waals surface area contributed by atoms with E-state index in [0.717, 1.165) is 31.5 Å². The summed E-state index contributed by atoms with van der Waals surface area (Å²) in [4.78, 5) is 14.8. The molecule has 3 nitrogen and oxygen atoms in total. The minimum Gasteiger partial charge on any atom is -0.396 e. The van der Waals surface area contributed by atoms with Gasteiger partial charge in [0.25, 0.3) is 0 Å². The molecule has 20 heavy (non-hydrogen) atoms. The van der Waals surface area contributed by atoms with E-state index in [1.54, 1.807) is 0 Å². The second-order valence-electron chi connectivity index (χ2n) is 6.00. The van der Waals surface area contributed by atoms with E-state index in [4.69, 9.17) is 0 Å². The first-order valence-electron chi connectivity index (χ1n) is 7.49. The lowest BCUT2D eigenvalue weighted by atomic mass is 9.94. The SMILES string of the molecule is Cc1ccc(C(=O)C(C)N2CCC(CO)CC2)cc1C. The molecule has 1 aromatic carbocycles. The summed E-state index contributed by atoms with van der Waals surface area (Å²) in [5.41, 5.74) is 3.20. The van der Waals surface area contributed by atoms with Crippen LogP contribution < -0.4 is 0 Å². The molecule has 1 unspecified atom stereocenters. The van der Waals surface area contributed by atoms with E-state index in [9.17, 15) is 9.90 Å². The number of hydrogen-bond acceptors (Lipinski definition) is 3. The highest BCUT2D eigenvalue weighted by molar-refractivity contribution is 6.00. The molecule has 1 saturated heterocycles. The average Bonchev–Trinajstić information content (AvgIpc) is 2.48. The van der Waals surface area contributed by atoms with Crippen molar-refractivity contribution < 1.29 is 9.90 Å². The Hall–Kier alpha value is -1.19. The molecule has 0 radical (unpaired) electrons. The molecule has 1 heterocycles. The number of likely N-dealkylation sites (tertiary alicyclic amines) is 1. The second-order valence-corrected chi connectivity index (χ2v) is 6.00. The number of hydrogen-bond donors (Lipinski definition) is 1. The Kier molecular flexibility index (Phi) is 4.95. The zero-order valence-corrected chi connectivity index (χ0v) is 12.7. The molecule has 1 atom stereocenters. The first-order valence-corrected chi connectivity index (χ1v) is 7.49. The van der Waals surface area contributed by atoms with E-state index < -0.39 is 0 Å². The van der Waals surface area contributed by atoms with E-state index in [1.807, 2.05) is 32.0 Å². The van der Waals surface area contributed by atoms with E-state index >= 15 is 0 Å². The number of carbonyl (C=O) groups is 1. The van der Waals surface area contributed by atoms with Crippen molar-refractivity contribution >= 4 is 5.78 Å². The minimum absolute atomic E-state index is 0.0725. The van der Waals surface area contributed by atoms with Crippen molar-refractivity contribution in [1.82, 2.24) is 4.90 Å². The van der Waals surface area contributed by atoms with Crippen LogP contribution >= 0.6 is 0 Å². The molecule has 3 heteroatoms. The van der Waals surface area contributed by atoms with Gasteiger partial charge in [-0.1, -0.05) is 12.1 Å². The normalized spacial score (nSPS) is 19.0. The standard InChI is InChI=1S/C17H25NO2/c1-12-4-5-16(10-13(12)2)17(20)14(3)18-8-6-15(11-19)7-9-18/h4-5,10,14-15,19H,6-9,11H2,1-3H3. The molecule has 0 saturated carbocycles. The smallest absolute Gasteiger partial charge is 0.179 e. The zero-order chi connectivity index (χ0) is 14.7. The first-order chi connectivity index (χ1) is 9.52. The number of aliphatic hydroxyl groups is 1. The molecule has 2 rings (SSSR count). The highest BCUT2D eigenvalue weighted by atomic mass is 16.3. The van der Waals surface area contributed by atoms with Crippen molar-refractivity contribution in [1.29, 1.82) is 0 Å². The Morgan fingerprint density at radius 2 is 1.95 bits per heavy atom. The molecule has 1 aromatic rings. The van der Waals surface area contributed by atoms with Gasteiger partial charge < -0.3 is 5.11 Å².